The number of H-pyrrole nitrogens is 1. The molecule has 0 saturated heterocycles. The van der Waals surface area contributed by atoms with Gasteiger partial charge in [-0.3, -0.25) is 9.89 Å². The predicted octanol–water partition coefficient (Wildman–Crippen LogP) is 2.65. The first-order valence-electron chi connectivity index (χ1n) is 7.08. The van der Waals surface area contributed by atoms with Gasteiger partial charge < -0.3 is 4.74 Å². The van der Waals surface area contributed by atoms with E-state index in [1.54, 1.807) is 0 Å². The van der Waals surface area contributed by atoms with Crippen molar-refractivity contribution in [3.05, 3.63) is 23.3 Å². The lowest BCUT2D eigenvalue weighted by Crippen LogP contribution is -2.11. The molecule has 1 saturated carbocycles. The van der Waals surface area contributed by atoms with E-state index in [0.29, 0.717) is 5.82 Å². The Labute approximate surface area is 119 Å². The first-order valence-corrected chi connectivity index (χ1v) is 7.08. The fourth-order valence-corrected chi connectivity index (χ4v) is 2.58. The Kier molecular flexibility index (Phi) is 3.97. The molecule has 1 N–H and O–H groups in total. The van der Waals surface area contributed by atoms with Crippen molar-refractivity contribution in [1.29, 1.82) is 0 Å². The Morgan fingerprint density at radius 1 is 1.45 bits per heavy atom. The topological polar surface area (TPSA) is 67.9 Å². The molecule has 0 aromatic carbocycles. The largest absolute Gasteiger partial charge is 0.457 e. The minimum atomic E-state index is -0.146. The standard InChI is InChI=1S/C15H23N3O2/c1-6-11-16-12(18-17-11)8-20-14(19)13-10(7-9(2)3)15(13,4)5/h7,10,13H,6,8H2,1-5H3,(H,16,17,18). The number of nitrogens with one attached hydrogen (secondary N) is 1. The Bertz CT molecular complexity index is 527. The third-order valence-electron chi connectivity index (χ3n) is 3.92. The van der Waals surface area contributed by atoms with Crippen molar-refractivity contribution in [3.8, 4) is 0 Å². The Balaban J connectivity index is 1.91. The maximum absolute atomic E-state index is 12.1. The van der Waals surface area contributed by atoms with Crippen LogP contribution in [-0.2, 0) is 22.6 Å². The third-order valence-corrected chi connectivity index (χ3v) is 3.92. The molecule has 5 heteroatoms. The number of hydrogen-bond acceptors (Lipinski definition) is 4. The van der Waals surface area contributed by atoms with E-state index in [0.717, 1.165) is 12.2 Å². The second-order valence-electron chi connectivity index (χ2n) is 6.23. The van der Waals surface area contributed by atoms with E-state index >= 15 is 0 Å². The Morgan fingerprint density at radius 2 is 2.15 bits per heavy atom. The third kappa shape index (κ3) is 2.92. The first kappa shape index (κ1) is 14.8. The van der Waals surface area contributed by atoms with Crippen molar-refractivity contribution in [2.45, 2.75) is 47.6 Å². The monoisotopic (exact) mass is 277 g/mol. The average Bonchev–Trinajstić information content (AvgIpc) is 2.77. The molecule has 1 aromatic rings. The smallest absolute Gasteiger partial charge is 0.310 e. The van der Waals surface area contributed by atoms with Gasteiger partial charge in [-0.2, -0.15) is 5.10 Å². The maximum Gasteiger partial charge on any atom is 0.310 e. The molecule has 2 rings (SSSR count). The van der Waals surface area contributed by atoms with E-state index in [1.807, 2.05) is 6.92 Å². The number of rotatable bonds is 5. The van der Waals surface area contributed by atoms with Crippen LogP contribution in [0.3, 0.4) is 0 Å². The molecular weight excluding hydrogens is 254 g/mol. The van der Waals surface area contributed by atoms with Crippen molar-refractivity contribution in [2.24, 2.45) is 17.3 Å². The van der Waals surface area contributed by atoms with Crippen LogP contribution in [0, 0.1) is 17.3 Å². The van der Waals surface area contributed by atoms with E-state index in [2.05, 4.69) is 49.0 Å². The van der Waals surface area contributed by atoms with Crippen molar-refractivity contribution in [1.82, 2.24) is 15.2 Å². The first-order chi connectivity index (χ1) is 9.36. The average molecular weight is 277 g/mol. The van der Waals surface area contributed by atoms with E-state index in [9.17, 15) is 4.79 Å². The van der Waals surface area contributed by atoms with Gasteiger partial charge >= 0.3 is 5.97 Å². The minimum absolute atomic E-state index is 0.00958. The minimum Gasteiger partial charge on any atom is -0.457 e. The number of ether oxygens (including phenoxy) is 1. The van der Waals surface area contributed by atoms with Crippen molar-refractivity contribution >= 4 is 5.97 Å². The summed E-state index contributed by atoms with van der Waals surface area (Å²) in [5.41, 5.74) is 1.23. The summed E-state index contributed by atoms with van der Waals surface area (Å²) in [5, 5.41) is 6.80. The van der Waals surface area contributed by atoms with Crippen molar-refractivity contribution < 1.29 is 9.53 Å². The fraction of sp³-hybridized carbons (Fsp3) is 0.667. The maximum atomic E-state index is 12.1. The van der Waals surface area contributed by atoms with Gasteiger partial charge in [0.25, 0.3) is 0 Å². The highest BCUT2D eigenvalue weighted by Gasteiger charge is 2.61. The lowest BCUT2D eigenvalue weighted by atomic mass is 10.1. The molecule has 0 bridgehead atoms. The summed E-state index contributed by atoms with van der Waals surface area (Å²) in [7, 11) is 0. The number of esters is 1. The van der Waals surface area contributed by atoms with Gasteiger partial charge in [-0.25, -0.2) is 4.98 Å². The number of aryl methyl sites for hydroxylation is 1. The molecule has 1 aliphatic rings. The number of carbonyl (C=O) groups is 1. The number of nitrogens with zero attached hydrogens (tertiary/aromatic N) is 2. The van der Waals surface area contributed by atoms with Crippen LogP contribution in [0.25, 0.3) is 0 Å². The molecule has 20 heavy (non-hydrogen) atoms. The van der Waals surface area contributed by atoms with Crippen LogP contribution >= 0.6 is 0 Å². The van der Waals surface area contributed by atoms with Gasteiger partial charge in [-0.1, -0.05) is 32.4 Å². The summed E-state index contributed by atoms with van der Waals surface area (Å²) in [6.07, 6.45) is 2.93. The van der Waals surface area contributed by atoms with Gasteiger partial charge in [0.2, 0.25) is 0 Å². The molecular formula is C15H23N3O2. The van der Waals surface area contributed by atoms with Gasteiger partial charge in [0.15, 0.2) is 18.3 Å². The second-order valence-corrected chi connectivity index (χ2v) is 6.23. The molecule has 110 valence electrons. The molecule has 1 heterocycles. The zero-order valence-corrected chi connectivity index (χ0v) is 12.9. The molecule has 5 nitrogen and oxygen atoms in total. The van der Waals surface area contributed by atoms with E-state index < -0.39 is 0 Å². The second kappa shape index (κ2) is 5.38. The van der Waals surface area contributed by atoms with Gasteiger partial charge in [-0.05, 0) is 25.2 Å². The van der Waals surface area contributed by atoms with Gasteiger partial charge in [0.05, 0.1) is 5.92 Å². The molecule has 1 aromatic heterocycles. The van der Waals surface area contributed by atoms with Crippen LogP contribution in [0.2, 0.25) is 0 Å². The zero-order valence-electron chi connectivity index (χ0n) is 12.9. The number of carbonyl (C=O) groups excluding carboxylic acids is 1. The van der Waals surface area contributed by atoms with Crippen LogP contribution in [0.1, 0.15) is 46.3 Å². The zero-order chi connectivity index (χ0) is 14.9. The quantitative estimate of drug-likeness (QED) is 0.663. The highest BCUT2D eigenvalue weighted by Crippen LogP contribution is 2.59. The molecule has 1 aliphatic carbocycles. The van der Waals surface area contributed by atoms with Crippen LogP contribution in [-0.4, -0.2) is 21.2 Å². The highest BCUT2D eigenvalue weighted by atomic mass is 16.5. The molecule has 2 atom stereocenters. The SMILES string of the molecule is CCc1n[nH]c(COC(=O)C2C(C=C(C)C)C2(C)C)n1. The summed E-state index contributed by atoms with van der Waals surface area (Å²) in [6, 6.07) is 0. The number of allylic oxidation sites excluding steroid dienone is 2. The van der Waals surface area contributed by atoms with E-state index in [4.69, 9.17) is 4.74 Å². The summed E-state index contributed by atoms with van der Waals surface area (Å²) in [4.78, 5) is 16.4. The summed E-state index contributed by atoms with van der Waals surface area (Å²) >= 11 is 0. The fourth-order valence-electron chi connectivity index (χ4n) is 2.58. The Morgan fingerprint density at radius 3 is 2.70 bits per heavy atom. The molecule has 2 unspecified atom stereocenters. The van der Waals surface area contributed by atoms with E-state index in [-0.39, 0.29) is 29.8 Å². The van der Waals surface area contributed by atoms with Gasteiger partial charge in [0, 0.05) is 6.42 Å². The van der Waals surface area contributed by atoms with E-state index in [1.165, 1.54) is 5.57 Å². The molecule has 1 fully saturated rings. The van der Waals surface area contributed by atoms with Crippen molar-refractivity contribution in [2.75, 3.05) is 0 Å². The summed E-state index contributed by atoms with van der Waals surface area (Å²) < 4.78 is 5.36. The predicted molar refractivity (Wildman–Crippen MR) is 75.7 cm³/mol. The number of hydrogen-bond donors (Lipinski definition) is 1. The Hall–Kier alpha value is -1.65. The van der Waals surface area contributed by atoms with Gasteiger partial charge in [0.1, 0.15) is 0 Å². The number of aromatic amines is 1. The summed E-state index contributed by atoms with van der Waals surface area (Å²) in [6.45, 7) is 10.5. The lowest BCUT2D eigenvalue weighted by molar-refractivity contribution is -0.147. The van der Waals surface area contributed by atoms with Crippen molar-refractivity contribution in [3.63, 3.8) is 0 Å². The lowest BCUT2D eigenvalue weighted by Gasteiger charge is -2.03. The van der Waals surface area contributed by atoms with Crippen LogP contribution < -0.4 is 0 Å². The molecule has 0 spiro atoms. The molecule has 0 aliphatic heterocycles. The summed E-state index contributed by atoms with van der Waals surface area (Å²) in [5.74, 6) is 1.43. The molecule has 0 amide bonds. The van der Waals surface area contributed by atoms with Crippen LogP contribution in [0.5, 0.6) is 0 Å². The van der Waals surface area contributed by atoms with Crippen LogP contribution in [0.4, 0.5) is 0 Å². The highest BCUT2D eigenvalue weighted by molar-refractivity contribution is 5.78. The normalized spacial score (nSPS) is 23.2. The van der Waals surface area contributed by atoms with Crippen LogP contribution in [0.15, 0.2) is 11.6 Å². The number of aromatic nitrogens is 3. The van der Waals surface area contributed by atoms with Gasteiger partial charge in [-0.15, -0.1) is 0 Å². The molecule has 0 radical (unpaired) electrons.